The molecule has 1 atom stereocenters. The molecule has 0 aliphatic heterocycles. The van der Waals surface area contributed by atoms with E-state index in [1.165, 1.54) is 6.07 Å². The molecule has 0 aromatic heterocycles. The lowest BCUT2D eigenvalue weighted by molar-refractivity contribution is 0.198. The Morgan fingerprint density at radius 2 is 1.71 bits per heavy atom. The Bertz CT molecular complexity index is 639. The molecule has 1 N–H and O–H groups in total. The van der Waals surface area contributed by atoms with Crippen molar-refractivity contribution in [2.75, 3.05) is 0 Å². The summed E-state index contributed by atoms with van der Waals surface area (Å²) >= 11 is 3.43. The lowest BCUT2D eigenvalue weighted by Gasteiger charge is -2.15. The number of hydrogen-bond donors (Lipinski definition) is 1. The van der Waals surface area contributed by atoms with Gasteiger partial charge in [0.2, 0.25) is 0 Å². The molecule has 2 rings (SSSR count). The summed E-state index contributed by atoms with van der Waals surface area (Å²) in [6.07, 6.45) is -0.701. The first kappa shape index (κ1) is 16.0. The quantitative estimate of drug-likeness (QED) is 0.780. The van der Waals surface area contributed by atoms with Crippen molar-refractivity contribution in [1.29, 1.82) is 0 Å². The standard InChI is InChI=1S/C17H18BrFO2/c1-10(2)14-9-13(18)5-7-16(14)21-17-6-4-12(11(3)20)8-15(17)19/h4-11,20H,1-3H3. The highest BCUT2D eigenvalue weighted by atomic mass is 79.9. The molecule has 0 aliphatic rings. The van der Waals surface area contributed by atoms with Gasteiger partial charge in [-0.2, -0.15) is 0 Å². The van der Waals surface area contributed by atoms with Gasteiger partial charge in [0, 0.05) is 4.47 Å². The first-order valence-corrected chi connectivity index (χ1v) is 7.62. The van der Waals surface area contributed by atoms with E-state index in [1.54, 1.807) is 19.1 Å². The van der Waals surface area contributed by atoms with Gasteiger partial charge in [-0.05, 0) is 54.3 Å². The maximum absolute atomic E-state index is 14.1. The Balaban J connectivity index is 2.34. The van der Waals surface area contributed by atoms with E-state index in [0.717, 1.165) is 10.0 Å². The first-order chi connectivity index (χ1) is 9.88. The average molecular weight is 353 g/mol. The van der Waals surface area contributed by atoms with Gasteiger partial charge in [0.25, 0.3) is 0 Å². The van der Waals surface area contributed by atoms with Gasteiger partial charge in [-0.25, -0.2) is 4.39 Å². The van der Waals surface area contributed by atoms with Crippen LogP contribution >= 0.6 is 15.9 Å². The second kappa shape index (κ2) is 6.58. The molecule has 0 spiro atoms. The topological polar surface area (TPSA) is 29.5 Å². The zero-order chi connectivity index (χ0) is 15.6. The molecule has 0 saturated heterocycles. The lowest BCUT2D eigenvalue weighted by Crippen LogP contribution is -1.97. The minimum absolute atomic E-state index is 0.156. The maximum atomic E-state index is 14.1. The molecule has 2 aromatic rings. The molecular weight excluding hydrogens is 335 g/mol. The molecule has 4 heteroatoms. The number of halogens is 2. The van der Waals surface area contributed by atoms with Crippen LogP contribution in [0.5, 0.6) is 11.5 Å². The fourth-order valence-electron chi connectivity index (χ4n) is 2.04. The second-order valence-corrected chi connectivity index (χ2v) is 6.22. The van der Waals surface area contributed by atoms with E-state index in [4.69, 9.17) is 4.74 Å². The van der Waals surface area contributed by atoms with E-state index in [-0.39, 0.29) is 11.7 Å². The third-order valence-corrected chi connectivity index (χ3v) is 3.75. The summed E-state index contributed by atoms with van der Waals surface area (Å²) in [5.74, 6) is 0.573. The number of aliphatic hydroxyl groups excluding tert-OH is 1. The molecule has 0 saturated carbocycles. The summed E-state index contributed by atoms with van der Waals surface area (Å²) < 4.78 is 20.7. The van der Waals surface area contributed by atoms with Gasteiger partial charge in [0.05, 0.1) is 6.10 Å². The van der Waals surface area contributed by atoms with Crippen LogP contribution in [-0.2, 0) is 0 Å². The number of benzene rings is 2. The van der Waals surface area contributed by atoms with E-state index in [2.05, 4.69) is 29.8 Å². The van der Waals surface area contributed by atoms with Crippen LogP contribution in [0.15, 0.2) is 40.9 Å². The van der Waals surface area contributed by atoms with Crippen LogP contribution < -0.4 is 4.74 Å². The van der Waals surface area contributed by atoms with Gasteiger partial charge < -0.3 is 9.84 Å². The van der Waals surface area contributed by atoms with E-state index >= 15 is 0 Å². The van der Waals surface area contributed by atoms with Crippen LogP contribution in [0.25, 0.3) is 0 Å². The van der Waals surface area contributed by atoms with Crippen LogP contribution in [0.2, 0.25) is 0 Å². The van der Waals surface area contributed by atoms with Crippen LogP contribution in [-0.4, -0.2) is 5.11 Å². The third-order valence-electron chi connectivity index (χ3n) is 3.25. The van der Waals surface area contributed by atoms with Crippen LogP contribution in [0, 0.1) is 5.82 Å². The molecule has 2 aromatic carbocycles. The Morgan fingerprint density at radius 1 is 1.05 bits per heavy atom. The van der Waals surface area contributed by atoms with Crippen molar-refractivity contribution in [3.8, 4) is 11.5 Å². The highest BCUT2D eigenvalue weighted by molar-refractivity contribution is 9.10. The van der Waals surface area contributed by atoms with E-state index in [1.807, 2.05) is 18.2 Å². The number of aliphatic hydroxyl groups is 1. The molecule has 2 nitrogen and oxygen atoms in total. The van der Waals surface area contributed by atoms with E-state index in [9.17, 15) is 9.50 Å². The molecule has 0 bridgehead atoms. The molecule has 0 radical (unpaired) electrons. The van der Waals surface area contributed by atoms with Gasteiger partial charge in [0.15, 0.2) is 11.6 Å². The van der Waals surface area contributed by atoms with Crippen molar-refractivity contribution in [3.05, 3.63) is 57.8 Å². The van der Waals surface area contributed by atoms with Crippen LogP contribution in [0.4, 0.5) is 4.39 Å². The average Bonchev–Trinajstić information content (AvgIpc) is 2.42. The number of ether oxygens (including phenoxy) is 1. The largest absolute Gasteiger partial charge is 0.454 e. The Hall–Kier alpha value is -1.39. The Morgan fingerprint density at radius 3 is 2.29 bits per heavy atom. The molecular formula is C17H18BrFO2. The van der Waals surface area contributed by atoms with Crippen molar-refractivity contribution >= 4 is 15.9 Å². The highest BCUT2D eigenvalue weighted by Gasteiger charge is 2.13. The summed E-state index contributed by atoms with van der Waals surface area (Å²) in [5.41, 5.74) is 1.53. The molecule has 21 heavy (non-hydrogen) atoms. The van der Waals surface area contributed by atoms with Crippen molar-refractivity contribution in [2.24, 2.45) is 0 Å². The Kier molecular flexibility index (Phi) is 5.01. The van der Waals surface area contributed by atoms with Crippen molar-refractivity contribution in [3.63, 3.8) is 0 Å². The van der Waals surface area contributed by atoms with Crippen molar-refractivity contribution in [1.82, 2.24) is 0 Å². The number of hydrogen-bond acceptors (Lipinski definition) is 2. The fourth-order valence-corrected chi connectivity index (χ4v) is 2.42. The summed E-state index contributed by atoms with van der Waals surface area (Å²) in [6.45, 7) is 5.71. The maximum Gasteiger partial charge on any atom is 0.166 e. The van der Waals surface area contributed by atoms with Crippen molar-refractivity contribution < 1.29 is 14.2 Å². The molecule has 0 fully saturated rings. The fraction of sp³-hybridized carbons (Fsp3) is 0.294. The van der Waals surface area contributed by atoms with E-state index < -0.39 is 11.9 Å². The summed E-state index contributed by atoms with van der Waals surface area (Å²) in [7, 11) is 0. The van der Waals surface area contributed by atoms with E-state index in [0.29, 0.717) is 11.3 Å². The molecule has 112 valence electrons. The zero-order valence-electron chi connectivity index (χ0n) is 12.2. The predicted molar refractivity (Wildman–Crippen MR) is 85.3 cm³/mol. The highest BCUT2D eigenvalue weighted by Crippen LogP contribution is 2.34. The van der Waals surface area contributed by atoms with Gasteiger partial charge in [-0.3, -0.25) is 0 Å². The zero-order valence-corrected chi connectivity index (χ0v) is 13.8. The third kappa shape index (κ3) is 3.83. The van der Waals surface area contributed by atoms with Gasteiger partial charge in [-0.15, -0.1) is 0 Å². The van der Waals surface area contributed by atoms with Gasteiger partial charge in [-0.1, -0.05) is 35.8 Å². The first-order valence-electron chi connectivity index (χ1n) is 6.83. The molecule has 0 aliphatic carbocycles. The number of rotatable bonds is 4. The summed E-state index contributed by atoms with van der Waals surface area (Å²) in [4.78, 5) is 0. The molecule has 1 unspecified atom stereocenters. The molecule has 0 amide bonds. The lowest BCUT2D eigenvalue weighted by atomic mass is 10.0. The predicted octanol–water partition coefficient (Wildman–Crippen LogP) is 5.56. The summed E-state index contributed by atoms with van der Waals surface area (Å²) in [5, 5.41) is 9.46. The SMILES string of the molecule is CC(C)c1cc(Br)ccc1Oc1ccc(C(C)O)cc1F. The normalized spacial score (nSPS) is 12.5. The van der Waals surface area contributed by atoms with Crippen LogP contribution in [0.3, 0.4) is 0 Å². The minimum atomic E-state index is -0.701. The summed E-state index contributed by atoms with van der Waals surface area (Å²) in [6, 6.07) is 10.2. The minimum Gasteiger partial charge on any atom is -0.454 e. The van der Waals surface area contributed by atoms with Gasteiger partial charge >= 0.3 is 0 Å². The monoisotopic (exact) mass is 352 g/mol. The smallest absolute Gasteiger partial charge is 0.166 e. The second-order valence-electron chi connectivity index (χ2n) is 5.30. The molecule has 0 heterocycles. The van der Waals surface area contributed by atoms with Gasteiger partial charge in [0.1, 0.15) is 5.75 Å². The Labute approximate surface area is 132 Å². The van der Waals surface area contributed by atoms with Crippen molar-refractivity contribution in [2.45, 2.75) is 32.8 Å². The van der Waals surface area contributed by atoms with Crippen LogP contribution in [0.1, 0.15) is 43.9 Å².